The summed E-state index contributed by atoms with van der Waals surface area (Å²) in [5.41, 5.74) is 1.40. The van der Waals surface area contributed by atoms with Crippen LogP contribution in [0.3, 0.4) is 0 Å². The Morgan fingerprint density at radius 2 is 1.89 bits per heavy atom. The summed E-state index contributed by atoms with van der Waals surface area (Å²) in [7, 11) is 0. The van der Waals surface area contributed by atoms with E-state index in [0.29, 0.717) is 0 Å². The standard InChI is InChI=1S/C21H24N4OS/c1-2-7-19-17(4-1)5-3-6-18(19)15-27-13-8-22-20-14-21(24-16-23-20)25-9-11-26-12-10-25/h1-7,14,16H,8-13,15H2,(H,22,23,24). The van der Waals surface area contributed by atoms with Gasteiger partial charge in [0.05, 0.1) is 13.2 Å². The van der Waals surface area contributed by atoms with E-state index in [1.165, 1.54) is 16.3 Å². The van der Waals surface area contributed by atoms with Crippen LogP contribution in [0.1, 0.15) is 5.56 Å². The Hall–Kier alpha value is -2.31. The number of nitrogens with one attached hydrogen (secondary N) is 1. The number of fused-ring (bicyclic) bond motifs is 1. The molecule has 0 radical (unpaired) electrons. The molecule has 0 atom stereocenters. The zero-order valence-electron chi connectivity index (χ0n) is 15.3. The van der Waals surface area contributed by atoms with E-state index in [-0.39, 0.29) is 0 Å². The average Bonchev–Trinajstić information content (AvgIpc) is 2.74. The van der Waals surface area contributed by atoms with E-state index in [1.807, 2.05) is 17.8 Å². The summed E-state index contributed by atoms with van der Waals surface area (Å²) in [6.45, 7) is 4.18. The largest absolute Gasteiger partial charge is 0.378 e. The molecule has 3 aromatic rings. The van der Waals surface area contributed by atoms with Crippen molar-refractivity contribution in [3.63, 3.8) is 0 Å². The van der Waals surface area contributed by atoms with Crippen molar-refractivity contribution in [2.24, 2.45) is 0 Å². The molecule has 27 heavy (non-hydrogen) atoms. The number of morpholine rings is 1. The van der Waals surface area contributed by atoms with E-state index < -0.39 is 0 Å². The van der Waals surface area contributed by atoms with Gasteiger partial charge in [-0.15, -0.1) is 0 Å². The predicted octanol–water partition coefficient (Wildman–Crippen LogP) is 3.81. The number of aromatic nitrogens is 2. The lowest BCUT2D eigenvalue weighted by Gasteiger charge is -2.27. The van der Waals surface area contributed by atoms with Crippen molar-refractivity contribution in [3.8, 4) is 0 Å². The van der Waals surface area contributed by atoms with Crippen LogP contribution in [-0.4, -0.2) is 48.6 Å². The second-order valence-corrected chi connectivity index (χ2v) is 7.58. The molecule has 140 valence electrons. The number of benzene rings is 2. The number of anilines is 2. The third-order valence-electron chi connectivity index (χ3n) is 4.68. The third-order valence-corrected chi connectivity index (χ3v) is 5.69. The minimum atomic E-state index is 0.761. The van der Waals surface area contributed by atoms with Gasteiger partial charge in [-0.05, 0) is 16.3 Å². The van der Waals surface area contributed by atoms with E-state index in [0.717, 1.165) is 56.0 Å². The first-order chi connectivity index (χ1) is 13.4. The van der Waals surface area contributed by atoms with E-state index in [1.54, 1.807) is 6.33 Å². The highest BCUT2D eigenvalue weighted by molar-refractivity contribution is 7.98. The van der Waals surface area contributed by atoms with Crippen molar-refractivity contribution >= 4 is 34.2 Å². The Morgan fingerprint density at radius 1 is 1.04 bits per heavy atom. The fraction of sp³-hybridized carbons (Fsp3) is 0.333. The molecule has 0 amide bonds. The summed E-state index contributed by atoms with van der Waals surface area (Å²) in [5, 5.41) is 6.08. The summed E-state index contributed by atoms with van der Waals surface area (Å²) >= 11 is 1.94. The Bertz CT molecular complexity index is 877. The fourth-order valence-electron chi connectivity index (χ4n) is 3.26. The Balaban J connectivity index is 1.26. The normalized spacial score (nSPS) is 14.4. The first kappa shape index (κ1) is 18.1. The van der Waals surface area contributed by atoms with Gasteiger partial charge in [-0.25, -0.2) is 9.97 Å². The maximum Gasteiger partial charge on any atom is 0.134 e. The lowest BCUT2D eigenvalue weighted by molar-refractivity contribution is 0.122. The van der Waals surface area contributed by atoms with Gasteiger partial charge in [0.1, 0.15) is 18.0 Å². The second kappa shape index (κ2) is 9.06. The smallest absolute Gasteiger partial charge is 0.134 e. The molecule has 2 aromatic carbocycles. The van der Waals surface area contributed by atoms with Crippen LogP contribution in [0.5, 0.6) is 0 Å². The van der Waals surface area contributed by atoms with Crippen molar-refractivity contribution < 1.29 is 4.74 Å². The molecular weight excluding hydrogens is 356 g/mol. The van der Waals surface area contributed by atoms with Crippen LogP contribution in [0.4, 0.5) is 11.6 Å². The van der Waals surface area contributed by atoms with Gasteiger partial charge in [-0.1, -0.05) is 42.5 Å². The molecule has 1 fully saturated rings. The van der Waals surface area contributed by atoms with Crippen molar-refractivity contribution in [2.75, 3.05) is 48.8 Å². The minimum Gasteiger partial charge on any atom is -0.378 e. The van der Waals surface area contributed by atoms with Crippen LogP contribution >= 0.6 is 11.8 Å². The zero-order valence-corrected chi connectivity index (χ0v) is 16.1. The van der Waals surface area contributed by atoms with Gasteiger partial charge in [0.25, 0.3) is 0 Å². The summed E-state index contributed by atoms with van der Waals surface area (Å²) in [6.07, 6.45) is 1.64. The second-order valence-electron chi connectivity index (χ2n) is 6.48. The van der Waals surface area contributed by atoms with Crippen LogP contribution in [0, 0.1) is 0 Å². The van der Waals surface area contributed by atoms with Crippen LogP contribution < -0.4 is 10.2 Å². The summed E-state index contributed by atoms with van der Waals surface area (Å²) in [6, 6.07) is 17.2. The maximum absolute atomic E-state index is 5.40. The quantitative estimate of drug-likeness (QED) is 0.629. The SMILES string of the molecule is c1ccc2c(CSCCNc3cc(N4CCOCC4)ncn3)cccc2c1. The number of hydrogen-bond acceptors (Lipinski definition) is 6. The molecule has 0 spiro atoms. The molecule has 1 aliphatic heterocycles. The predicted molar refractivity (Wildman–Crippen MR) is 114 cm³/mol. The van der Waals surface area contributed by atoms with Gasteiger partial charge in [0, 0.05) is 37.2 Å². The van der Waals surface area contributed by atoms with Gasteiger partial charge in [-0.2, -0.15) is 11.8 Å². The monoisotopic (exact) mass is 380 g/mol. The van der Waals surface area contributed by atoms with Crippen LogP contribution in [0.2, 0.25) is 0 Å². The molecule has 1 N–H and O–H groups in total. The molecule has 1 aliphatic rings. The maximum atomic E-state index is 5.40. The molecule has 4 rings (SSSR count). The van der Waals surface area contributed by atoms with Gasteiger partial charge in [0.15, 0.2) is 0 Å². The van der Waals surface area contributed by atoms with Crippen molar-refractivity contribution in [1.29, 1.82) is 0 Å². The topological polar surface area (TPSA) is 50.3 Å². The Kier molecular flexibility index (Phi) is 6.06. The molecule has 0 saturated carbocycles. The fourth-order valence-corrected chi connectivity index (χ4v) is 4.12. The first-order valence-electron chi connectivity index (χ1n) is 9.33. The summed E-state index contributed by atoms with van der Waals surface area (Å²) in [4.78, 5) is 11.0. The van der Waals surface area contributed by atoms with Crippen molar-refractivity contribution in [3.05, 3.63) is 60.4 Å². The van der Waals surface area contributed by atoms with Crippen molar-refractivity contribution in [1.82, 2.24) is 9.97 Å². The number of nitrogens with zero attached hydrogens (tertiary/aromatic N) is 3. The average molecular weight is 381 g/mol. The number of ether oxygens (including phenoxy) is 1. The van der Waals surface area contributed by atoms with Gasteiger partial charge in [0.2, 0.25) is 0 Å². The summed E-state index contributed by atoms with van der Waals surface area (Å²) < 4.78 is 5.40. The highest BCUT2D eigenvalue weighted by Gasteiger charge is 2.12. The van der Waals surface area contributed by atoms with Crippen LogP contribution in [0.15, 0.2) is 54.9 Å². The van der Waals surface area contributed by atoms with E-state index in [9.17, 15) is 0 Å². The minimum absolute atomic E-state index is 0.761. The molecule has 5 nitrogen and oxygen atoms in total. The first-order valence-corrected chi connectivity index (χ1v) is 10.5. The molecule has 1 aromatic heterocycles. The summed E-state index contributed by atoms with van der Waals surface area (Å²) in [5.74, 6) is 3.91. The number of hydrogen-bond donors (Lipinski definition) is 1. The van der Waals surface area contributed by atoms with E-state index in [2.05, 4.69) is 62.6 Å². The van der Waals surface area contributed by atoms with E-state index in [4.69, 9.17) is 4.74 Å². The lowest BCUT2D eigenvalue weighted by atomic mass is 10.1. The van der Waals surface area contributed by atoms with Gasteiger partial charge in [-0.3, -0.25) is 0 Å². The van der Waals surface area contributed by atoms with Crippen LogP contribution in [0.25, 0.3) is 10.8 Å². The van der Waals surface area contributed by atoms with Gasteiger partial charge < -0.3 is 15.0 Å². The molecule has 0 aliphatic carbocycles. The van der Waals surface area contributed by atoms with E-state index >= 15 is 0 Å². The molecule has 1 saturated heterocycles. The third kappa shape index (κ3) is 4.70. The Morgan fingerprint density at radius 3 is 2.81 bits per heavy atom. The molecule has 0 bridgehead atoms. The molecular formula is C21H24N4OS. The zero-order chi connectivity index (χ0) is 18.3. The molecule has 0 unspecified atom stereocenters. The van der Waals surface area contributed by atoms with Crippen molar-refractivity contribution in [2.45, 2.75) is 5.75 Å². The molecule has 6 heteroatoms. The Labute approximate surface area is 164 Å². The highest BCUT2D eigenvalue weighted by atomic mass is 32.2. The van der Waals surface area contributed by atoms with Gasteiger partial charge >= 0.3 is 0 Å². The van der Waals surface area contributed by atoms with Crippen LogP contribution in [-0.2, 0) is 10.5 Å². The molecule has 2 heterocycles. The highest BCUT2D eigenvalue weighted by Crippen LogP contribution is 2.22. The lowest BCUT2D eigenvalue weighted by Crippen LogP contribution is -2.36. The number of rotatable bonds is 7. The number of thioether (sulfide) groups is 1.